The summed E-state index contributed by atoms with van der Waals surface area (Å²) in [5, 5.41) is 24.1. The van der Waals surface area contributed by atoms with Gasteiger partial charge in [0.2, 0.25) is 11.7 Å². The van der Waals surface area contributed by atoms with Gasteiger partial charge in [0.05, 0.1) is 43.8 Å². The molecule has 0 radical (unpaired) electrons. The lowest BCUT2D eigenvalue weighted by molar-refractivity contribution is -0.140. The molecule has 53 heavy (non-hydrogen) atoms. The number of nitrogens with zero attached hydrogens (tertiary/aromatic N) is 1. The van der Waals surface area contributed by atoms with Gasteiger partial charge >= 0.3 is 0 Å². The summed E-state index contributed by atoms with van der Waals surface area (Å²) in [6, 6.07) is 25.4. The van der Waals surface area contributed by atoms with E-state index >= 15 is 0 Å². The average molecular weight is 736 g/mol. The number of carbonyl (C=O) groups is 2. The van der Waals surface area contributed by atoms with Gasteiger partial charge in [-0.05, 0) is 117 Å². The summed E-state index contributed by atoms with van der Waals surface area (Å²) in [7, 11) is 3.17. The van der Waals surface area contributed by atoms with Crippen LogP contribution in [0.5, 0.6) is 11.5 Å². The van der Waals surface area contributed by atoms with Crippen molar-refractivity contribution in [2.45, 2.75) is 96.3 Å². The van der Waals surface area contributed by atoms with E-state index in [1.165, 1.54) is 16.9 Å². The van der Waals surface area contributed by atoms with Gasteiger partial charge < -0.3 is 24.6 Å². The molecule has 1 aromatic heterocycles. The van der Waals surface area contributed by atoms with Crippen LogP contribution in [-0.4, -0.2) is 59.3 Å². The molecule has 7 rings (SSSR count). The average Bonchev–Trinajstić information content (AvgIpc) is 3.69. The normalized spacial score (nSPS) is 23.1. The Bertz CT molecular complexity index is 1950. The molecule has 0 unspecified atom stereocenters. The Morgan fingerprint density at radius 3 is 2.40 bits per heavy atom. The van der Waals surface area contributed by atoms with E-state index in [2.05, 4.69) is 32.1 Å². The second kappa shape index (κ2) is 16.4. The second-order valence-electron chi connectivity index (χ2n) is 15.3. The molecule has 0 saturated heterocycles. The predicted octanol–water partition coefficient (Wildman–Crippen LogP) is 8.61. The lowest BCUT2D eigenvalue weighted by Crippen LogP contribution is -2.53. The van der Waals surface area contributed by atoms with Crippen LogP contribution in [-0.2, 0) is 24.2 Å². The predicted molar refractivity (Wildman–Crippen MR) is 211 cm³/mol. The van der Waals surface area contributed by atoms with E-state index in [0.717, 1.165) is 40.0 Å². The van der Waals surface area contributed by atoms with Crippen molar-refractivity contribution in [1.29, 1.82) is 0 Å². The minimum Gasteiger partial charge on any atom is -0.493 e. The summed E-state index contributed by atoms with van der Waals surface area (Å²) < 4.78 is 11.0. The first-order chi connectivity index (χ1) is 25.4. The maximum Gasteiger partial charge on any atom is 0.227 e. The molecule has 280 valence electrons. The molecule has 7 nitrogen and oxygen atoms in total. The van der Waals surface area contributed by atoms with Crippen LogP contribution in [0, 0.1) is 12.3 Å². The molecule has 0 aliphatic heterocycles. The fourth-order valence-corrected chi connectivity index (χ4v) is 9.34. The van der Waals surface area contributed by atoms with Crippen LogP contribution in [0.3, 0.4) is 0 Å². The molecule has 4 aromatic rings. The molecule has 2 bridgehead atoms. The van der Waals surface area contributed by atoms with Gasteiger partial charge in [0.15, 0.2) is 11.5 Å². The summed E-state index contributed by atoms with van der Waals surface area (Å²) in [4.78, 5) is 32.3. The van der Waals surface area contributed by atoms with Crippen molar-refractivity contribution in [2.75, 3.05) is 20.8 Å². The molecule has 3 aliphatic carbocycles. The van der Waals surface area contributed by atoms with Crippen LogP contribution in [0.4, 0.5) is 0 Å². The lowest BCUT2D eigenvalue weighted by Gasteiger charge is -2.46. The van der Waals surface area contributed by atoms with Crippen LogP contribution in [0.2, 0.25) is 0 Å². The number of fused-ring (bicyclic) bond motifs is 8. The molecule has 2 N–H and O–H groups in total. The number of carbonyl (C=O) groups excluding carboxylic acids is 2. The first-order valence-electron chi connectivity index (χ1n) is 18.8. The third kappa shape index (κ3) is 8.45. The zero-order chi connectivity index (χ0) is 37.8. The molecule has 3 aromatic carbocycles. The highest BCUT2D eigenvalue weighted by Crippen LogP contribution is 2.59. The van der Waals surface area contributed by atoms with Crippen molar-refractivity contribution < 1.29 is 29.3 Å². The molecule has 1 fully saturated rings. The summed E-state index contributed by atoms with van der Waals surface area (Å²) in [5.41, 5.74) is 3.59. The highest BCUT2D eigenvalue weighted by atomic mass is 32.1. The molecular formula is C45H53NO6S. The number of hydrogen-bond acceptors (Lipinski definition) is 7. The number of aryl methyl sites for hydroxylation is 1. The Morgan fingerprint density at radius 1 is 0.906 bits per heavy atom. The minimum atomic E-state index is -1.24. The van der Waals surface area contributed by atoms with Crippen molar-refractivity contribution in [3.8, 4) is 11.5 Å². The van der Waals surface area contributed by atoms with Crippen LogP contribution in [0.1, 0.15) is 101 Å². The first-order valence-corrected chi connectivity index (χ1v) is 19.6. The van der Waals surface area contributed by atoms with Crippen molar-refractivity contribution >= 4 is 23.0 Å². The topological polar surface area (TPSA) is 96.3 Å². The van der Waals surface area contributed by atoms with Gasteiger partial charge in [-0.2, -0.15) is 0 Å². The third-order valence-corrected chi connectivity index (χ3v) is 12.7. The Balaban J connectivity index is 1.40. The van der Waals surface area contributed by atoms with E-state index in [4.69, 9.17) is 9.47 Å². The van der Waals surface area contributed by atoms with Crippen molar-refractivity contribution in [3.05, 3.63) is 128 Å². The Kier molecular flexibility index (Phi) is 11.9. The molecule has 1 amide bonds. The molecule has 3 aliphatic rings. The van der Waals surface area contributed by atoms with Crippen LogP contribution in [0.15, 0.2) is 90.5 Å². The maximum absolute atomic E-state index is 14.4. The largest absolute Gasteiger partial charge is 0.493 e. The molecular weight excluding hydrogens is 683 g/mol. The fraction of sp³-hybridized carbons (Fsp3) is 0.422. The van der Waals surface area contributed by atoms with Gasteiger partial charge in [-0.15, -0.1) is 11.3 Å². The van der Waals surface area contributed by atoms with Gasteiger partial charge in [-0.3, -0.25) is 9.59 Å². The van der Waals surface area contributed by atoms with Gasteiger partial charge in [0, 0.05) is 22.4 Å². The summed E-state index contributed by atoms with van der Waals surface area (Å²) >= 11 is 1.49. The van der Waals surface area contributed by atoms with Crippen molar-refractivity contribution in [2.24, 2.45) is 5.41 Å². The quantitative estimate of drug-likeness (QED) is 0.125. The van der Waals surface area contributed by atoms with E-state index < -0.39 is 17.1 Å². The lowest BCUT2D eigenvalue weighted by atomic mass is 9.64. The van der Waals surface area contributed by atoms with E-state index in [1.807, 2.05) is 78.6 Å². The van der Waals surface area contributed by atoms with Gasteiger partial charge in [0.1, 0.15) is 0 Å². The molecule has 4 atom stereocenters. The summed E-state index contributed by atoms with van der Waals surface area (Å²) in [5.74, 6) is 0.904. The number of allylic oxidation sites excluding steroid dienone is 2. The van der Waals surface area contributed by atoms with Crippen LogP contribution >= 0.6 is 11.3 Å². The number of thiophene rings is 1. The highest BCUT2D eigenvalue weighted by Gasteiger charge is 2.57. The van der Waals surface area contributed by atoms with Crippen LogP contribution < -0.4 is 9.47 Å². The number of rotatable bonds is 10. The SMILES string of the molecule is COc1ccc(CC(=O)N(Cc2ccccc2)C[C@]2(O)CC[C@H]3c4ccc(cc4C(=O)c4ccc(C)s4)C[C@@H](O)CCC(C)=CCC[C@@]32C)cc1OC. The van der Waals surface area contributed by atoms with E-state index in [-0.39, 0.29) is 30.6 Å². The minimum absolute atomic E-state index is 0.0223. The van der Waals surface area contributed by atoms with Gasteiger partial charge in [-0.1, -0.05) is 67.1 Å². The third-order valence-electron chi connectivity index (χ3n) is 11.7. The van der Waals surface area contributed by atoms with E-state index in [1.54, 1.807) is 14.2 Å². The standard InChI is InChI=1S/C45H53NO6S/c1-30-10-9-22-44(3)38(36-18-15-33(24-35(47)17-13-30)25-37(36)43(49)41-20-14-31(2)53-41)21-23-45(44,50)29-46(28-32-11-7-6-8-12-32)42(48)27-34-16-19-39(51-4)40(26-34)52-5/h6-8,10-12,14-16,18-20,25-26,35,38,47,50H,9,13,17,21-24,27-29H2,1-5H3/t35-,38-,44-,45+/m0/s1. The van der Waals surface area contributed by atoms with Gasteiger partial charge in [-0.25, -0.2) is 0 Å². The Morgan fingerprint density at radius 2 is 1.68 bits per heavy atom. The maximum atomic E-state index is 14.4. The smallest absolute Gasteiger partial charge is 0.227 e. The highest BCUT2D eigenvalue weighted by molar-refractivity contribution is 7.14. The first kappa shape index (κ1) is 38.5. The number of hydrogen-bond donors (Lipinski definition) is 2. The molecule has 1 saturated carbocycles. The number of ketones is 1. The Hall–Kier alpha value is -4.24. The second-order valence-corrected chi connectivity index (χ2v) is 16.6. The van der Waals surface area contributed by atoms with Crippen LogP contribution in [0.25, 0.3) is 0 Å². The van der Waals surface area contributed by atoms with Crippen molar-refractivity contribution in [1.82, 2.24) is 4.90 Å². The number of aliphatic hydroxyl groups is 2. The van der Waals surface area contributed by atoms with Crippen molar-refractivity contribution in [3.63, 3.8) is 0 Å². The number of methoxy groups -OCH3 is 2. The number of aliphatic hydroxyl groups excluding tert-OH is 1. The number of ether oxygens (including phenoxy) is 2. The molecule has 1 heterocycles. The number of amides is 1. The summed E-state index contributed by atoms with van der Waals surface area (Å²) in [6.07, 6.45) is 6.32. The van der Waals surface area contributed by atoms with Gasteiger partial charge in [0.25, 0.3) is 0 Å². The zero-order valence-electron chi connectivity index (χ0n) is 31.7. The fourth-order valence-electron chi connectivity index (χ4n) is 8.51. The monoisotopic (exact) mass is 735 g/mol. The number of benzene rings is 3. The van der Waals surface area contributed by atoms with E-state index in [9.17, 15) is 19.8 Å². The molecule has 8 heteroatoms. The Labute approximate surface area is 318 Å². The van der Waals surface area contributed by atoms with E-state index in [0.29, 0.717) is 60.6 Å². The zero-order valence-corrected chi connectivity index (χ0v) is 32.5. The molecule has 0 spiro atoms. The summed E-state index contributed by atoms with van der Waals surface area (Å²) in [6.45, 7) is 6.79.